The largest absolute Gasteiger partial charge is 0.507 e. The molecular formula is C16H18N2O3. The Morgan fingerprint density at radius 3 is 2.76 bits per heavy atom. The van der Waals surface area contributed by atoms with Gasteiger partial charge >= 0.3 is 0 Å². The fraction of sp³-hybridized carbons (Fsp3) is 0.312. The molecule has 1 amide bonds. The van der Waals surface area contributed by atoms with Gasteiger partial charge in [-0.3, -0.25) is 4.79 Å². The van der Waals surface area contributed by atoms with E-state index in [1.165, 1.54) is 0 Å². The maximum absolute atomic E-state index is 12.4. The van der Waals surface area contributed by atoms with Crippen LogP contribution in [0.15, 0.2) is 36.4 Å². The molecule has 1 aliphatic rings. The van der Waals surface area contributed by atoms with Crippen molar-refractivity contribution < 1.29 is 14.6 Å². The van der Waals surface area contributed by atoms with Crippen LogP contribution in [0.5, 0.6) is 5.75 Å². The summed E-state index contributed by atoms with van der Waals surface area (Å²) in [4.78, 5) is 12.4. The summed E-state index contributed by atoms with van der Waals surface area (Å²) in [6.45, 7) is 0.971. The van der Waals surface area contributed by atoms with Gasteiger partial charge in [-0.15, -0.1) is 0 Å². The van der Waals surface area contributed by atoms with Crippen LogP contribution in [-0.4, -0.2) is 37.3 Å². The molecule has 0 radical (unpaired) electrons. The summed E-state index contributed by atoms with van der Waals surface area (Å²) < 4.78 is 5.36. The third kappa shape index (κ3) is 2.57. The van der Waals surface area contributed by atoms with Crippen LogP contribution in [0.2, 0.25) is 0 Å². The summed E-state index contributed by atoms with van der Waals surface area (Å²) in [6, 6.07) is 10.8. The highest BCUT2D eigenvalue weighted by Crippen LogP contribution is 2.30. The molecule has 1 heterocycles. The van der Waals surface area contributed by atoms with Crippen LogP contribution in [0, 0.1) is 5.92 Å². The number of hydrogen-bond acceptors (Lipinski definition) is 4. The van der Waals surface area contributed by atoms with Crippen molar-refractivity contribution in [1.29, 1.82) is 0 Å². The van der Waals surface area contributed by atoms with Crippen molar-refractivity contribution >= 4 is 22.4 Å². The number of carbonyl (C=O) groups excluding carboxylic acids is 1. The van der Waals surface area contributed by atoms with E-state index in [9.17, 15) is 9.90 Å². The SMILES string of the molecule is CNC1COCC1C(=O)Nc1cccc2c(O)cccc12. The highest BCUT2D eigenvalue weighted by atomic mass is 16.5. The van der Waals surface area contributed by atoms with E-state index in [2.05, 4.69) is 10.6 Å². The Morgan fingerprint density at radius 1 is 1.19 bits per heavy atom. The second-order valence-corrected chi connectivity index (χ2v) is 5.21. The maximum atomic E-state index is 12.4. The monoisotopic (exact) mass is 286 g/mol. The van der Waals surface area contributed by atoms with E-state index in [-0.39, 0.29) is 23.6 Å². The van der Waals surface area contributed by atoms with Gasteiger partial charge in [-0.1, -0.05) is 24.3 Å². The first kappa shape index (κ1) is 13.9. The van der Waals surface area contributed by atoms with Crippen LogP contribution in [0.4, 0.5) is 5.69 Å². The number of carbonyl (C=O) groups is 1. The third-order valence-electron chi connectivity index (χ3n) is 3.95. The summed E-state index contributed by atoms with van der Waals surface area (Å²) in [5.74, 6) is -0.0637. The predicted octanol–water partition coefficient (Wildman–Crippen LogP) is 1.72. The van der Waals surface area contributed by atoms with E-state index in [1.807, 2.05) is 31.3 Å². The molecule has 21 heavy (non-hydrogen) atoms. The molecule has 2 atom stereocenters. The molecule has 2 aromatic carbocycles. The highest BCUT2D eigenvalue weighted by Gasteiger charge is 2.33. The number of hydrogen-bond donors (Lipinski definition) is 3. The summed E-state index contributed by atoms with van der Waals surface area (Å²) >= 11 is 0. The Labute approximate surface area is 122 Å². The fourth-order valence-corrected chi connectivity index (χ4v) is 2.73. The molecule has 0 spiro atoms. The van der Waals surface area contributed by atoms with Crippen molar-refractivity contribution in [2.75, 3.05) is 25.6 Å². The minimum absolute atomic E-state index is 0.0355. The zero-order valence-electron chi connectivity index (χ0n) is 11.8. The Kier molecular flexibility index (Phi) is 3.77. The van der Waals surface area contributed by atoms with E-state index < -0.39 is 0 Å². The molecule has 0 aromatic heterocycles. The van der Waals surface area contributed by atoms with Crippen molar-refractivity contribution in [3.63, 3.8) is 0 Å². The van der Waals surface area contributed by atoms with Crippen LogP contribution >= 0.6 is 0 Å². The van der Waals surface area contributed by atoms with E-state index >= 15 is 0 Å². The molecule has 2 unspecified atom stereocenters. The standard InChI is InChI=1S/C16H18N2O3/c1-17-14-9-21-8-12(14)16(20)18-13-6-2-5-11-10(13)4-3-7-15(11)19/h2-7,12,14,17,19H,8-9H2,1H3,(H,18,20). The summed E-state index contributed by atoms with van der Waals surface area (Å²) in [5.41, 5.74) is 0.704. The number of fused-ring (bicyclic) bond motifs is 1. The van der Waals surface area contributed by atoms with Crippen molar-refractivity contribution in [2.24, 2.45) is 5.92 Å². The average Bonchev–Trinajstić information content (AvgIpc) is 2.97. The molecule has 0 aliphatic carbocycles. The lowest BCUT2D eigenvalue weighted by atomic mass is 10.0. The van der Waals surface area contributed by atoms with Crippen molar-refractivity contribution in [3.05, 3.63) is 36.4 Å². The van der Waals surface area contributed by atoms with Gasteiger partial charge in [0.25, 0.3) is 0 Å². The number of phenols is 1. The Balaban J connectivity index is 1.88. The lowest BCUT2D eigenvalue weighted by Gasteiger charge is -2.17. The molecular weight excluding hydrogens is 268 g/mol. The Bertz CT molecular complexity index is 672. The van der Waals surface area contributed by atoms with Gasteiger partial charge in [0.2, 0.25) is 5.91 Å². The molecule has 1 fully saturated rings. The normalized spacial score (nSPS) is 21.6. The number of ether oxygens (including phenoxy) is 1. The Morgan fingerprint density at radius 2 is 1.95 bits per heavy atom. The molecule has 5 heteroatoms. The van der Waals surface area contributed by atoms with Gasteiger partial charge in [-0.2, -0.15) is 0 Å². The second-order valence-electron chi connectivity index (χ2n) is 5.21. The molecule has 0 saturated carbocycles. The molecule has 3 rings (SSSR count). The van der Waals surface area contributed by atoms with E-state index in [0.29, 0.717) is 18.9 Å². The van der Waals surface area contributed by atoms with Gasteiger partial charge in [-0.05, 0) is 19.2 Å². The number of benzene rings is 2. The predicted molar refractivity (Wildman–Crippen MR) is 81.4 cm³/mol. The highest BCUT2D eigenvalue weighted by molar-refractivity contribution is 6.04. The van der Waals surface area contributed by atoms with Gasteiger partial charge in [0.05, 0.1) is 19.1 Å². The van der Waals surface area contributed by atoms with Crippen LogP contribution in [0.1, 0.15) is 0 Å². The zero-order chi connectivity index (χ0) is 14.8. The molecule has 1 saturated heterocycles. The first-order valence-corrected chi connectivity index (χ1v) is 6.97. The smallest absolute Gasteiger partial charge is 0.231 e. The van der Waals surface area contributed by atoms with E-state index in [4.69, 9.17) is 4.74 Å². The van der Waals surface area contributed by atoms with E-state index in [0.717, 1.165) is 10.8 Å². The molecule has 1 aliphatic heterocycles. The molecule has 5 nitrogen and oxygen atoms in total. The third-order valence-corrected chi connectivity index (χ3v) is 3.95. The minimum Gasteiger partial charge on any atom is -0.507 e. The maximum Gasteiger partial charge on any atom is 0.231 e. The molecule has 0 bridgehead atoms. The topological polar surface area (TPSA) is 70.6 Å². The number of likely N-dealkylation sites (N-methyl/N-ethyl adjacent to an activating group) is 1. The van der Waals surface area contributed by atoms with Gasteiger partial charge < -0.3 is 20.5 Å². The lowest BCUT2D eigenvalue weighted by molar-refractivity contribution is -0.120. The lowest BCUT2D eigenvalue weighted by Crippen LogP contribution is -2.39. The van der Waals surface area contributed by atoms with Gasteiger partial charge in [0, 0.05) is 22.5 Å². The van der Waals surface area contributed by atoms with Crippen molar-refractivity contribution in [2.45, 2.75) is 6.04 Å². The minimum atomic E-state index is -0.206. The Hall–Kier alpha value is -2.11. The van der Waals surface area contributed by atoms with Crippen LogP contribution in [0.25, 0.3) is 10.8 Å². The van der Waals surface area contributed by atoms with Crippen LogP contribution < -0.4 is 10.6 Å². The van der Waals surface area contributed by atoms with Crippen molar-refractivity contribution in [1.82, 2.24) is 5.32 Å². The van der Waals surface area contributed by atoms with Crippen LogP contribution in [0.3, 0.4) is 0 Å². The number of phenolic OH excluding ortho intramolecular Hbond substituents is 1. The molecule has 110 valence electrons. The second kappa shape index (κ2) is 5.71. The number of aromatic hydroxyl groups is 1. The summed E-state index contributed by atoms with van der Waals surface area (Å²) in [6.07, 6.45) is 0. The zero-order valence-corrected chi connectivity index (χ0v) is 11.8. The van der Waals surface area contributed by atoms with Gasteiger partial charge in [0.15, 0.2) is 0 Å². The first-order valence-electron chi connectivity index (χ1n) is 6.97. The summed E-state index contributed by atoms with van der Waals surface area (Å²) in [7, 11) is 1.83. The van der Waals surface area contributed by atoms with Crippen LogP contribution in [-0.2, 0) is 9.53 Å². The quantitative estimate of drug-likeness (QED) is 0.803. The summed E-state index contributed by atoms with van der Waals surface area (Å²) in [5, 5.41) is 17.5. The number of nitrogens with one attached hydrogen (secondary N) is 2. The average molecular weight is 286 g/mol. The van der Waals surface area contributed by atoms with E-state index in [1.54, 1.807) is 12.1 Å². The molecule has 2 aromatic rings. The number of rotatable bonds is 3. The van der Waals surface area contributed by atoms with Gasteiger partial charge in [0.1, 0.15) is 5.75 Å². The first-order chi connectivity index (χ1) is 10.2. The number of anilines is 1. The fourth-order valence-electron chi connectivity index (χ4n) is 2.73. The van der Waals surface area contributed by atoms with Gasteiger partial charge in [-0.25, -0.2) is 0 Å². The number of amides is 1. The van der Waals surface area contributed by atoms with Crippen molar-refractivity contribution in [3.8, 4) is 5.75 Å². The molecule has 3 N–H and O–H groups in total.